The van der Waals surface area contributed by atoms with E-state index in [1.807, 2.05) is 24.3 Å². The van der Waals surface area contributed by atoms with Gasteiger partial charge < -0.3 is 5.11 Å². The Kier molecular flexibility index (Phi) is 17.0. The van der Waals surface area contributed by atoms with Crippen molar-refractivity contribution in [2.75, 3.05) is 0 Å². The monoisotopic (exact) mass is 497 g/mol. The van der Waals surface area contributed by atoms with E-state index >= 15 is 0 Å². The Hall–Kier alpha value is -0.511. The van der Waals surface area contributed by atoms with E-state index in [2.05, 4.69) is 34.6 Å². The maximum atomic E-state index is 10.8. The second-order valence-corrected chi connectivity index (χ2v) is 17.0. The van der Waals surface area contributed by atoms with Gasteiger partial charge in [0, 0.05) is 0 Å². The number of aliphatic carboxylic acids is 1. The predicted octanol–water partition coefficient (Wildman–Crippen LogP) is 7.95. The molecule has 0 aliphatic rings. The van der Waals surface area contributed by atoms with Crippen LogP contribution < -0.4 is 0 Å². The molecule has 0 aliphatic carbocycles. The molecular weight excluding hydrogens is 451 g/mol. The van der Waals surface area contributed by atoms with Crippen LogP contribution in [-0.2, 0) is 11.2 Å². The van der Waals surface area contributed by atoms with E-state index in [0.29, 0.717) is 5.92 Å². The molecule has 0 fully saturated rings. The van der Waals surface area contributed by atoms with Crippen LogP contribution >= 0.6 is 0 Å². The summed E-state index contributed by atoms with van der Waals surface area (Å²) < 4.78 is 5.04. The van der Waals surface area contributed by atoms with Crippen molar-refractivity contribution in [1.82, 2.24) is 0 Å². The second kappa shape index (κ2) is 17.4. The van der Waals surface area contributed by atoms with Gasteiger partial charge in [0.2, 0.25) is 0 Å². The van der Waals surface area contributed by atoms with Gasteiger partial charge in [0.05, 0.1) is 5.92 Å². The Morgan fingerprint density at radius 1 is 0.857 bits per heavy atom. The number of benzene rings is 1. The van der Waals surface area contributed by atoms with Crippen LogP contribution in [0.4, 0.5) is 0 Å². The Morgan fingerprint density at radius 3 is 1.61 bits per heavy atom. The van der Waals surface area contributed by atoms with E-state index < -0.39 is 31.6 Å². The normalized spacial score (nSPS) is 12.0. The fourth-order valence-corrected chi connectivity index (χ4v) is 12.7. The molecule has 1 N–H and O–H groups in total. The third-order valence-electron chi connectivity index (χ3n) is 5.15. The van der Waals surface area contributed by atoms with Gasteiger partial charge in [-0.3, -0.25) is 4.79 Å². The summed E-state index contributed by atoms with van der Waals surface area (Å²) in [6, 6.07) is 7.87. The molecule has 0 saturated carbocycles. The van der Waals surface area contributed by atoms with Crippen molar-refractivity contribution in [1.29, 1.82) is 0 Å². The first-order chi connectivity index (χ1) is 13.3. The Labute approximate surface area is 182 Å². The van der Waals surface area contributed by atoms with Gasteiger partial charge in [-0.25, -0.2) is 0 Å². The van der Waals surface area contributed by atoms with Gasteiger partial charge in [-0.15, -0.1) is 0 Å². The molecule has 2 nitrogen and oxygen atoms in total. The molecule has 161 valence electrons. The zero-order chi connectivity index (χ0) is 21.4. The van der Waals surface area contributed by atoms with Crippen LogP contribution in [0.5, 0.6) is 0 Å². The summed E-state index contributed by atoms with van der Waals surface area (Å²) in [7, 11) is 0. The molecule has 1 aromatic carbocycles. The van der Waals surface area contributed by atoms with Crippen molar-refractivity contribution in [3.05, 3.63) is 35.4 Å². The molecule has 0 aliphatic heterocycles. The standard InChI is InChI=1S/C13H18O2.3C4H9.Sn/c1-9(2)8-11-4-6-12(7-5-11)10(3)13(14)15;3*1-3-4-2;/h4-7,9-10H,8H2,1-3H3,(H,14,15);3*1,3-4H2,2H3;. The number of unbranched alkanes of at least 4 members (excludes halogenated alkanes) is 3. The number of rotatable bonds is 13. The second-order valence-electron chi connectivity index (χ2n) is 8.46. The topological polar surface area (TPSA) is 37.3 Å². The third-order valence-corrected chi connectivity index (χ3v) is 14.2. The quantitative estimate of drug-likeness (QED) is 0.282. The fraction of sp³-hybridized carbons (Fsp3) is 0.720. The number of carboxylic acids is 1. The summed E-state index contributed by atoms with van der Waals surface area (Å²) in [6.07, 6.45) is 9.89. The Balaban J connectivity index is 0.000000528. The average Bonchev–Trinajstić information content (AvgIpc) is 2.67. The van der Waals surface area contributed by atoms with Gasteiger partial charge in [-0.1, -0.05) is 38.1 Å². The SMILES string of the molecule is CC(C)Cc1ccc(C(C)C(=O)O)cc1.CCC[CH2][Sn]([CH2]CCC)[CH2]CCC. The van der Waals surface area contributed by atoms with Gasteiger partial charge in [0.25, 0.3) is 0 Å². The molecule has 1 unspecified atom stereocenters. The predicted molar refractivity (Wildman–Crippen MR) is 126 cm³/mol. The van der Waals surface area contributed by atoms with Crippen molar-refractivity contribution < 1.29 is 9.90 Å². The molecule has 0 bridgehead atoms. The summed E-state index contributed by atoms with van der Waals surface area (Å²) in [4.78, 5) is 10.8. The first kappa shape index (κ1) is 27.5. The molecule has 0 amide bonds. The molecule has 3 heteroatoms. The molecule has 0 spiro atoms. The number of hydrogen-bond donors (Lipinski definition) is 1. The van der Waals surface area contributed by atoms with E-state index in [1.54, 1.807) is 20.2 Å². The molecule has 1 radical (unpaired) electrons. The van der Waals surface area contributed by atoms with Crippen LogP contribution in [0, 0.1) is 5.92 Å². The first-order valence-electron chi connectivity index (χ1n) is 11.5. The number of hydrogen-bond acceptors (Lipinski definition) is 1. The summed E-state index contributed by atoms with van der Waals surface area (Å²) in [6.45, 7) is 13.1. The van der Waals surface area contributed by atoms with Crippen molar-refractivity contribution >= 4 is 25.7 Å². The van der Waals surface area contributed by atoms with Gasteiger partial charge in [0.1, 0.15) is 0 Å². The Morgan fingerprint density at radius 2 is 1.29 bits per heavy atom. The Bertz CT molecular complexity index is 477. The maximum absolute atomic E-state index is 10.8. The van der Waals surface area contributed by atoms with Crippen LogP contribution in [0.1, 0.15) is 97.1 Å². The zero-order valence-corrected chi connectivity index (χ0v) is 22.2. The average molecular weight is 496 g/mol. The van der Waals surface area contributed by atoms with E-state index in [1.165, 1.54) is 44.1 Å². The fourth-order valence-electron chi connectivity index (χ4n) is 3.21. The van der Waals surface area contributed by atoms with Crippen LogP contribution in [0.3, 0.4) is 0 Å². The van der Waals surface area contributed by atoms with Crippen LogP contribution in [0.2, 0.25) is 13.3 Å². The minimum atomic E-state index is -0.839. The van der Waals surface area contributed by atoms with E-state index in [9.17, 15) is 4.79 Å². The molecule has 1 atom stereocenters. The number of carboxylic acid groups (broad SMARTS) is 1. The zero-order valence-electron chi connectivity index (χ0n) is 19.4. The van der Waals surface area contributed by atoms with E-state index in [4.69, 9.17) is 5.11 Å². The van der Waals surface area contributed by atoms with Crippen molar-refractivity contribution in [2.24, 2.45) is 5.92 Å². The van der Waals surface area contributed by atoms with Crippen molar-refractivity contribution in [3.8, 4) is 0 Å². The van der Waals surface area contributed by atoms with Crippen LogP contribution in [-0.4, -0.2) is 30.8 Å². The molecule has 0 heterocycles. The van der Waals surface area contributed by atoms with Crippen LogP contribution in [0.25, 0.3) is 0 Å². The van der Waals surface area contributed by atoms with Gasteiger partial charge in [-0.05, 0) is 30.4 Å². The number of carbonyl (C=O) groups is 1. The van der Waals surface area contributed by atoms with Gasteiger partial charge in [-0.2, -0.15) is 0 Å². The summed E-state index contributed by atoms with van der Waals surface area (Å²) >= 11 is -0.839. The summed E-state index contributed by atoms with van der Waals surface area (Å²) in [5.74, 6) is -0.558. The van der Waals surface area contributed by atoms with E-state index in [0.717, 1.165) is 12.0 Å². The molecule has 1 rings (SSSR count). The molecule has 1 aromatic rings. The molecule has 28 heavy (non-hydrogen) atoms. The summed E-state index contributed by atoms with van der Waals surface area (Å²) in [5, 5.41) is 8.85. The van der Waals surface area contributed by atoms with Crippen molar-refractivity contribution in [3.63, 3.8) is 0 Å². The van der Waals surface area contributed by atoms with Crippen molar-refractivity contribution in [2.45, 2.75) is 106 Å². The molecule has 0 saturated heterocycles. The van der Waals surface area contributed by atoms with Gasteiger partial charge >= 0.3 is 98.3 Å². The van der Waals surface area contributed by atoms with E-state index in [-0.39, 0.29) is 0 Å². The molecular formula is C25H45O2Sn. The third kappa shape index (κ3) is 13.6. The molecule has 0 aromatic heterocycles. The van der Waals surface area contributed by atoms with Crippen LogP contribution in [0.15, 0.2) is 24.3 Å². The minimum absolute atomic E-state index is 0.418. The van der Waals surface area contributed by atoms with Gasteiger partial charge in [0.15, 0.2) is 0 Å². The first-order valence-corrected chi connectivity index (χ1v) is 17.6. The summed E-state index contributed by atoms with van der Waals surface area (Å²) in [5.41, 5.74) is 2.14.